The second-order valence-corrected chi connectivity index (χ2v) is 7.23. The number of thioether (sulfide) groups is 2. The van der Waals surface area contributed by atoms with Crippen LogP contribution < -0.4 is 5.32 Å². The van der Waals surface area contributed by atoms with Gasteiger partial charge in [0.1, 0.15) is 0 Å². The fraction of sp³-hybridized carbons (Fsp3) is 0.400. The fourth-order valence-corrected chi connectivity index (χ4v) is 3.23. The van der Waals surface area contributed by atoms with E-state index in [0.29, 0.717) is 23.1 Å². The fourth-order valence-electron chi connectivity index (χ4n) is 1.86. The van der Waals surface area contributed by atoms with Crippen molar-refractivity contribution >= 4 is 35.1 Å². The summed E-state index contributed by atoms with van der Waals surface area (Å²) < 4.78 is 1.69. The number of nitriles is 1. The molecule has 0 unspecified atom stereocenters. The van der Waals surface area contributed by atoms with Crippen molar-refractivity contribution in [3.63, 3.8) is 0 Å². The van der Waals surface area contributed by atoms with Gasteiger partial charge >= 0.3 is 0 Å². The molecule has 0 radical (unpaired) electrons. The Morgan fingerprint density at radius 3 is 2.92 bits per heavy atom. The van der Waals surface area contributed by atoms with Crippen molar-refractivity contribution in [3.8, 4) is 6.07 Å². The molecule has 1 heterocycles. The second-order valence-electron chi connectivity index (χ2n) is 5.27. The van der Waals surface area contributed by atoms with Gasteiger partial charge in [-0.3, -0.25) is 4.79 Å². The molecular formula is C15H19N7OS2. The van der Waals surface area contributed by atoms with Gasteiger partial charge in [-0.1, -0.05) is 23.9 Å². The highest BCUT2D eigenvalue weighted by molar-refractivity contribution is 8.00. The third-order valence-electron chi connectivity index (χ3n) is 3.04. The maximum atomic E-state index is 12.2. The normalized spacial score (nSPS) is 10.6. The molecule has 25 heavy (non-hydrogen) atoms. The van der Waals surface area contributed by atoms with Crippen molar-refractivity contribution in [3.05, 3.63) is 24.3 Å². The zero-order valence-electron chi connectivity index (χ0n) is 14.0. The van der Waals surface area contributed by atoms with Crippen molar-refractivity contribution in [2.45, 2.75) is 16.6 Å². The molecule has 0 fully saturated rings. The average molecular weight is 377 g/mol. The smallest absolute Gasteiger partial charge is 0.234 e. The molecule has 8 nitrogen and oxygen atoms in total. The van der Waals surface area contributed by atoms with E-state index in [1.807, 2.05) is 43.3 Å². The van der Waals surface area contributed by atoms with Crippen LogP contribution in [0.3, 0.4) is 0 Å². The van der Waals surface area contributed by atoms with Gasteiger partial charge in [0.25, 0.3) is 0 Å². The molecule has 2 aromatic rings. The lowest BCUT2D eigenvalue weighted by atomic mass is 10.3. The molecule has 1 aromatic heterocycles. The quantitative estimate of drug-likeness (QED) is 0.658. The van der Waals surface area contributed by atoms with E-state index >= 15 is 0 Å². The number of hydrogen-bond donors (Lipinski definition) is 1. The number of nitrogens with one attached hydrogen (secondary N) is 1. The van der Waals surface area contributed by atoms with Gasteiger partial charge in [-0.15, -0.1) is 16.9 Å². The molecule has 0 atom stereocenters. The lowest BCUT2D eigenvalue weighted by molar-refractivity contribution is -0.113. The zero-order chi connectivity index (χ0) is 18.1. The first-order valence-corrected chi connectivity index (χ1v) is 9.49. The molecule has 0 aliphatic rings. The zero-order valence-corrected chi connectivity index (χ0v) is 15.7. The Labute approximate surface area is 155 Å². The maximum absolute atomic E-state index is 12.2. The van der Waals surface area contributed by atoms with Crippen molar-refractivity contribution in [1.82, 2.24) is 25.1 Å². The summed E-state index contributed by atoms with van der Waals surface area (Å²) in [6, 6.07) is 9.51. The lowest BCUT2D eigenvalue weighted by Gasteiger charge is -2.10. The topological polar surface area (TPSA) is 99.7 Å². The van der Waals surface area contributed by atoms with E-state index in [-0.39, 0.29) is 11.7 Å². The Morgan fingerprint density at radius 2 is 2.16 bits per heavy atom. The van der Waals surface area contributed by atoms with Crippen LogP contribution in [-0.4, -0.2) is 63.2 Å². The van der Waals surface area contributed by atoms with E-state index < -0.39 is 0 Å². The molecule has 2 rings (SSSR count). The summed E-state index contributed by atoms with van der Waals surface area (Å²) in [5.41, 5.74) is 0.709. The van der Waals surface area contributed by atoms with Gasteiger partial charge < -0.3 is 10.2 Å². The number of aromatic nitrogens is 4. The van der Waals surface area contributed by atoms with E-state index in [4.69, 9.17) is 5.26 Å². The van der Waals surface area contributed by atoms with Crippen LogP contribution in [0.25, 0.3) is 0 Å². The summed E-state index contributed by atoms with van der Waals surface area (Å²) in [5.74, 6) is 0.402. The van der Waals surface area contributed by atoms with Crippen LogP contribution >= 0.6 is 23.5 Å². The van der Waals surface area contributed by atoms with Crippen LogP contribution in [0.5, 0.6) is 0 Å². The SMILES string of the molecule is CN(C)CCn1nnnc1SCC(=O)Nc1ccccc1SCC#N. The number of benzene rings is 1. The van der Waals surface area contributed by atoms with E-state index in [1.165, 1.54) is 23.5 Å². The minimum absolute atomic E-state index is 0.142. The van der Waals surface area contributed by atoms with Crippen LogP contribution in [-0.2, 0) is 11.3 Å². The number of carbonyl (C=O) groups is 1. The molecule has 1 amide bonds. The molecule has 1 N–H and O–H groups in total. The standard InChI is InChI=1S/C15H19N7OS2/c1-21(2)8-9-22-15(18-19-20-22)25-11-14(23)17-12-5-3-4-6-13(12)24-10-7-16/h3-6H,8-11H2,1-2H3,(H,17,23). The van der Waals surface area contributed by atoms with Crippen LogP contribution in [0, 0.1) is 11.3 Å². The minimum atomic E-state index is -0.142. The molecule has 0 spiro atoms. The van der Waals surface area contributed by atoms with Gasteiger partial charge in [0, 0.05) is 11.4 Å². The van der Waals surface area contributed by atoms with Gasteiger partial charge in [0.2, 0.25) is 11.1 Å². The van der Waals surface area contributed by atoms with Gasteiger partial charge in [-0.05, 0) is 36.7 Å². The van der Waals surface area contributed by atoms with Crippen molar-refractivity contribution in [2.75, 3.05) is 37.5 Å². The first-order valence-electron chi connectivity index (χ1n) is 7.52. The lowest BCUT2D eigenvalue weighted by Crippen LogP contribution is -2.20. The summed E-state index contributed by atoms with van der Waals surface area (Å²) >= 11 is 2.69. The molecule has 0 saturated heterocycles. The van der Waals surface area contributed by atoms with Crippen molar-refractivity contribution < 1.29 is 4.79 Å². The van der Waals surface area contributed by atoms with Crippen LogP contribution in [0.4, 0.5) is 5.69 Å². The molecule has 0 aliphatic heterocycles. The van der Waals surface area contributed by atoms with Crippen LogP contribution in [0.15, 0.2) is 34.3 Å². The number of hydrogen-bond acceptors (Lipinski definition) is 8. The number of para-hydroxylation sites is 1. The Morgan fingerprint density at radius 1 is 1.36 bits per heavy atom. The van der Waals surface area contributed by atoms with Crippen molar-refractivity contribution in [2.24, 2.45) is 0 Å². The summed E-state index contributed by atoms with van der Waals surface area (Å²) in [6.45, 7) is 1.48. The summed E-state index contributed by atoms with van der Waals surface area (Å²) in [6.07, 6.45) is 0. The van der Waals surface area contributed by atoms with E-state index in [0.717, 1.165) is 11.4 Å². The number of carbonyl (C=O) groups excluding carboxylic acids is 1. The molecule has 10 heteroatoms. The van der Waals surface area contributed by atoms with Crippen LogP contribution in [0.2, 0.25) is 0 Å². The largest absolute Gasteiger partial charge is 0.324 e. The highest BCUT2D eigenvalue weighted by atomic mass is 32.2. The summed E-state index contributed by atoms with van der Waals surface area (Å²) in [5, 5.41) is 23.8. The maximum Gasteiger partial charge on any atom is 0.234 e. The molecule has 0 saturated carbocycles. The second kappa shape index (κ2) is 10.0. The molecule has 0 aliphatic carbocycles. The first-order chi connectivity index (χ1) is 12.1. The monoisotopic (exact) mass is 377 g/mol. The average Bonchev–Trinajstić information content (AvgIpc) is 3.05. The van der Waals surface area contributed by atoms with E-state index in [9.17, 15) is 4.79 Å². The Hall–Kier alpha value is -2.09. The summed E-state index contributed by atoms with van der Waals surface area (Å²) in [7, 11) is 3.96. The number of amides is 1. The molecule has 1 aromatic carbocycles. The number of rotatable bonds is 9. The third kappa shape index (κ3) is 6.38. The minimum Gasteiger partial charge on any atom is -0.324 e. The third-order valence-corrected chi connectivity index (χ3v) is 4.94. The van der Waals surface area contributed by atoms with Gasteiger partial charge in [-0.25, -0.2) is 4.68 Å². The number of anilines is 1. The predicted octanol–water partition coefficient (Wildman–Crippen LogP) is 1.58. The van der Waals surface area contributed by atoms with E-state index in [1.54, 1.807) is 4.68 Å². The molecule has 0 bridgehead atoms. The van der Waals surface area contributed by atoms with Crippen LogP contribution in [0.1, 0.15) is 0 Å². The number of nitrogens with zero attached hydrogens (tertiary/aromatic N) is 6. The summed E-state index contributed by atoms with van der Waals surface area (Å²) in [4.78, 5) is 15.1. The van der Waals surface area contributed by atoms with Gasteiger partial charge in [0.15, 0.2) is 0 Å². The van der Waals surface area contributed by atoms with Crippen molar-refractivity contribution in [1.29, 1.82) is 5.26 Å². The number of tetrazole rings is 1. The van der Waals surface area contributed by atoms with Gasteiger partial charge in [0.05, 0.1) is 29.8 Å². The predicted molar refractivity (Wildman–Crippen MR) is 98.5 cm³/mol. The molecular weight excluding hydrogens is 358 g/mol. The number of likely N-dealkylation sites (N-methyl/N-ethyl adjacent to an activating group) is 1. The van der Waals surface area contributed by atoms with Gasteiger partial charge in [-0.2, -0.15) is 5.26 Å². The highest BCUT2D eigenvalue weighted by Gasteiger charge is 2.12. The molecule has 132 valence electrons. The first kappa shape index (κ1) is 19.2. The Bertz CT molecular complexity index is 741. The Kier molecular flexibility index (Phi) is 7.72. The van der Waals surface area contributed by atoms with E-state index in [2.05, 4.69) is 26.9 Å². The highest BCUT2D eigenvalue weighted by Crippen LogP contribution is 2.26. The Balaban J connectivity index is 1.90.